The number of hydrogen-bond donors (Lipinski definition) is 1. The van der Waals surface area contributed by atoms with Gasteiger partial charge in [0.1, 0.15) is 0 Å². The van der Waals surface area contributed by atoms with E-state index in [-0.39, 0.29) is 40.8 Å². The van der Waals surface area contributed by atoms with Crippen molar-refractivity contribution >= 4 is 5.97 Å². The molecule has 1 N–H and O–H groups in total. The predicted molar refractivity (Wildman–Crippen MR) is 80.0 cm³/mol. The van der Waals surface area contributed by atoms with Gasteiger partial charge in [0, 0.05) is 47.3 Å². The third kappa shape index (κ3) is 32.4. The summed E-state index contributed by atoms with van der Waals surface area (Å²) in [5.74, 6) is -0.675. The third-order valence-corrected chi connectivity index (χ3v) is 2.77. The average Bonchev–Trinajstić information content (AvgIpc) is 2.24. The molecule has 0 fully saturated rings. The fraction of sp³-hybridized carbons (Fsp3) is 0.938. The van der Waals surface area contributed by atoms with Gasteiger partial charge < -0.3 is 5.11 Å². The molecular weight excluding hydrogens is 368 g/mol. The molecule has 0 aliphatic carbocycles. The van der Waals surface area contributed by atoms with E-state index < -0.39 is 5.97 Å². The summed E-state index contributed by atoms with van der Waals surface area (Å²) in [6.45, 7) is 11.1. The van der Waals surface area contributed by atoms with E-state index >= 15 is 0 Å². The number of hydrogen-bond acceptors (Lipinski definition) is 1. The van der Waals surface area contributed by atoms with E-state index in [1.807, 2.05) is 0 Å². The average molecular weight is 403 g/mol. The number of rotatable bonds is 8. The molecule has 0 atom stereocenters. The maximum absolute atomic E-state index is 10.2. The van der Waals surface area contributed by atoms with E-state index in [1.54, 1.807) is 0 Å². The maximum atomic E-state index is 10.2. The fourth-order valence-corrected chi connectivity index (χ4v) is 1.61. The SMILES string of the molecule is CC(C)(C)CCCCCC(=O)O.CCCCCC.[Nd]. The van der Waals surface area contributed by atoms with Crippen molar-refractivity contribution in [2.24, 2.45) is 5.41 Å². The Morgan fingerprint density at radius 1 is 0.895 bits per heavy atom. The van der Waals surface area contributed by atoms with Crippen LogP contribution in [0.2, 0.25) is 0 Å². The second-order valence-electron chi connectivity index (χ2n) is 6.22. The minimum Gasteiger partial charge on any atom is -0.481 e. The van der Waals surface area contributed by atoms with Crippen LogP contribution in [0, 0.1) is 46.3 Å². The van der Waals surface area contributed by atoms with Gasteiger partial charge in [0.05, 0.1) is 0 Å². The molecule has 19 heavy (non-hydrogen) atoms. The first-order valence-electron chi connectivity index (χ1n) is 7.55. The Bertz CT molecular complexity index is 182. The summed E-state index contributed by atoms with van der Waals surface area (Å²) in [5, 5.41) is 8.37. The largest absolute Gasteiger partial charge is 0.481 e. The molecule has 2 nitrogen and oxygen atoms in total. The van der Waals surface area contributed by atoms with Crippen molar-refractivity contribution in [3.8, 4) is 0 Å². The van der Waals surface area contributed by atoms with Crippen LogP contribution in [0.1, 0.15) is 92.4 Å². The second-order valence-corrected chi connectivity index (χ2v) is 6.22. The standard InChI is InChI=1S/C10H20O2.C6H14.Nd/c1-10(2,3)8-6-4-5-7-9(11)12;1-3-5-6-4-2;/h4-8H2,1-3H3,(H,11,12);3-6H2,1-2H3;. The molecule has 0 bridgehead atoms. The van der Waals surface area contributed by atoms with Crippen LogP contribution in [0.4, 0.5) is 0 Å². The van der Waals surface area contributed by atoms with Crippen LogP contribution in [0.15, 0.2) is 0 Å². The van der Waals surface area contributed by atoms with Gasteiger partial charge in [-0.1, -0.05) is 73.1 Å². The van der Waals surface area contributed by atoms with Gasteiger partial charge in [0.2, 0.25) is 0 Å². The van der Waals surface area contributed by atoms with Crippen molar-refractivity contribution < 1.29 is 50.7 Å². The summed E-state index contributed by atoms with van der Waals surface area (Å²) in [5.41, 5.74) is 0.392. The van der Waals surface area contributed by atoms with Crippen molar-refractivity contribution in [3.05, 3.63) is 0 Å². The predicted octanol–water partition coefficient (Wildman–Crippen LogP) is 5.65. The Morgan fingerprint density at radius 2 is 1.37 bits per heavy atom. The van der Waals surface area contributed by atoms with Crippen LogP contribution in [0.25, 0.3) is 0 Å². The van der Waals surface area contributed by atoms with Gasteiger partial charge in [-0.3, -0.25) is 4.79 Å². The Hall–Kier alpha value is 0.821. The molecule has 0 heterocycles. The van der Waals surface area contributed by atoms with Gasteiger partial charge in [0.15, 0.2) is 0 Å². The molecule has 0 rings (SSSR count). The summed E-state index contributed by atoms with van der Waals surface area (Å²) in [6.07, 6.45) is 10.1. The van der Waals surface area contributed by atoms with Gasteiger partial charge in [-0.25, -0.2) is 0 Å². The normalized spacial score (nSPS) is 10.2. The van der Waals surface area contributed by atoms with E-state index in [0.29, 0.717) is 11.8 Å². The summed E-state index contributed by atoms with van der Waals surface area (Å²) < 4.78 is 0. The van der Waals surface area contributed by atoms with Crippen LogP contribution >= 0.6 is 0 Å². The molecule has 0 radical (unpaired) electrons. The molecule has 114 valence electrons. The molecule has 0 aliphatic heterocycles. The quantitative estimate of drug-likeness (QED) is 0.532. The Balaban J connectivity index is -0.000000313. The minimum atomic E-state index is -0.675. The summed E-state index contributed by atoms with van der Waals surface area (Å²) in [7, 11) is 0. The van der Waals surface area contributed by atoms with Gasteiger partial charge >= 0.3 is 5.97 Å². The van der Waals surface area contributed by atoms with Gasteiger partial charge in [0.25, 0.3) is 0 Å². The van der Waals surface area contributed by atoms with E-state index in [2.05, 4.69) is 34.6 Å². The van der Waals surface area contributed by atoms with Crippen molar-refractivity contribution in [3.63, 3.8) is 0 Å². The molecule has 0 aliphatic rings. The molecule has 0 amide bonds. The maximum Gasteiger partial charge on any atom is 0.303 e. The minimum absolute atomic E-state index is 0. The molecule has 0 saturated carbocycles. The first-order chi connectivity index (χ1) is 8.33. The first kappa shape index (κ1) is 24.8. The van der Waals surface area contributed by atoms with Crippen LogP contribution in [0.3, 0.4) is 0 Å². The van der Waals surface area contributed by atoms with E-state index in [1.165, 1.54) is 32.1 Å². The second kappa shape index (κ2) is 16.9. The number of carbonyl (C=O) groups is 1. The van der Waals surface area contributed by atoms with Gasteiger partial charge in [-0.2, -0.15) is 0 Å². The Labute approximate surface area is 153 Å². The Kier molecular flexibility index (Phi) is 22.0. The number of carboxylic acids is 1. The molecule has 0 saturated heterocycles. The van der Waals surface area contributed by atoms with E-state index in [4.69, 9.17) is 5.11 Å². The topological polar surface area (TPSA) is 37.3 Å². The monoisotopic (exact) mass is 400 g/mol. The third-order valence-electron chi connectivity index (χ3n) is 2.77. The van der Waals surface area contributed by atoms with E-state index in [9.17, 15) is 4.79 Å². The van der Waals surface area contributed by atoms with Crippen molar-refractivity contribution in [1.82, 2.24) is 0 Å². The van der Waals surface area contributed by atoms with Crippen LogP contribution in [-0.2, 0) is 4.79 Å². The Morgan fingerprint density at radius 3 is 1.68 bits per heavy atom. The fourth-order valence-electron chi connectivity index (χ4n) is 1.61. The molecule has 3 heteroatoms. The number of aliphatic carboxylic acids is 1. The molecule has 0 aromatic rings. The van der Waals surface area contributed by atoms with Gasteiger partial charge in [-0.05, 0) is 18.3 Å². The molecule has 0 spiro atoms. The van der Waals surface area contributed by atoms with Crippen molar-refractivity contribution in [1.29, 1.82) is 0 Å². The molecular formula is C16H34NdO2. The zero-order valence-electron chi connectivity index (χ0n) is 13.7. The first-order valence-corrected chi connectivity index (χ1v) is 7.55. The molecule has 0 aromatic heterocycles. The summed E-state index contributed by atoms with van der Waals surface area (Å²) in [4.78, 5) is 10.2. The zero-order chi connectivity index (χ0) is 14.4. The van der Waals surface area contributed by atoms with Crippen LogP contribution in [0.5, 0.6) is 0 Å². The molecule has 0 unspecified atom stereocenters. The summed E-state index contributed by atoms with van der Waals surface area (Å²) in [6, 6.07) is 0. The molecule has 0 aromatic carbocycles. The smallest absolute Gasteiger partial charge is 0.303 e. The van der Waals surface area contributed by atoms with Crippen molar-refractivity contribution in [2.45, 2.75) is 92.4 Å². The van der Waals surface area contributed by atoms with Crippen molar-refractivity contribution in [2.75, 3.05) is 0 Å². The van der Waals surface area contributed by atoms with E-state index in [0.717, 1.165) is 19.3 Å². The van der Waals surface area contributed by atoms with Crippen LogP contribution in [-0.4, -0.2) is 11.1 Å². The summed E-state index contributed by atoms with van der Waals surface area (Å²) >= 11 is 0. The van der Waals surface area contributed by atoms with Crippen LogP contribution < -0.4 is 0 Å². The zero-order valence-corrected chi connectivity index (χ0v) is 16.9. The van der Waals surface area contributed by atoms with Gasteiger partial charge in [-0.15, -0.1) is 0 Å². The number of carboxylic acid groups (broad SMARTS) is 1. The number of unbranched alkanes of at least 4 members (excludes halogenated alkanes) is 5.